The fourth-order valence-electron chi connectivity index (χ4n) is 2.04. The number of aryl methyl sites for hydroxylation is 1. The zero-order valence-corrected chi connectivity index (χ0v) is 11.8. The topological polar surface area (TPSA) is 40.7 Å². The molecule has 0 aliphatic heterocycles. The highest BCUT2D eigenvalue weighted by Crippen LogP contribution is 2.26. The van der Waals surface area contributed by atoms with Crippen molar-refractivity contribution >= 4 is 17.0 Å². The molecule has 1 aromatic carbocycles. The lowest BCUT2D eigenvalue weighted by Gasteiger charge is -2.08. The Morgan fingerprint density at radius 2 is 2.25 bits per heavy atom. The van der Waals surface area contributed by atoms with Gasteiger partial charge < -0.3 is 5.32 Å². The van der Waals surface area contributed by atoms with Gasteiger partial charge in [0.1, 0.15) is 5.82 Å². The molecule has 0 atom stereocenters. The van der Waals surface area contributed by atoms with Crippen molar-refractivity contribution in [3.05, 3.63) is 58.9 Å². The van der Waals surface area contributed by atoms with Crippen LogP contribution in [0.5, 0.6) is 0 Å². The van der Waals surface area contributed by atoms with E-state index in [1.165, 1.54) is 6.07 Å². The van der Waals surface area contributed by atoms with Gasteiger partial charge in [0.25, 0.3) is 0 Å². The lowest BCUT2D eigenvalue weighted by atomic mass is 10.2. The minimum Gasteiger partial charge on any atom is -0.378 e. The van der Waals surface area contributed by atoms with Gasteiger partial charge >= 0.3 is 0 Å². The SMILES string of the molecule is Cc1ccc(F)c(NCc2cn[nH]c2-c2cccs2)c1. The summed E-state index contributed by atoms with van der Waals surface area (Å²) in [6.45, 7) is 2.48. The Bertz CT molecular complexity index is 704. The Hall–Kier alpha value is -2.14. The van der Waals surface area contributed by atoms with Crippen molar-refractivity contribution in [1.29, 1.82) is 0 Å². The fraction of sp³-hybridized carbons (Fsp3) is 0.133. The first-order valence-electron chi connectivity index (χ1n) is 6.30. The molecular weight excluding hydrogens is 273 g/mol. The molecule has 0 aliphatic rings. The molecule has 20 heavy (non-hydrogen) atoms. The van der Waals surface area contributed by atoms with E-state index in [0.717, 1.165) is 21.7 Å². The summed E-state index contributed by atoms with van der Waals surface area (Å²) in [5.41, 5.74) is 3.55. The Kier molecular flexibility index (Phi) is 3.52. The number of H-pyrrole nitrogens is 1. The van der Waals surface area contributed by atoms with Crippen molar-refractivity contribution in [1.82, 2.24) is 10.2 Å². The minimum absolute atomic E-state index is 0.239. The van der Waals surface area contributed by atoms with E-state index < -0.39 is 0 Å². The molecule has 5 heteroatoms. The van der Waals surface area contributed by atoms with Gasteiger partial charge in [0, 0.05) is 12.1 Å². The first-order chi connectivity index (χ1) is 9.74. The molecule has 3 aromatic rings. The van der Waals surface area contributed by atoms with E-state index in [4.69, 9.17) is 0 Å². The van der Waals surface area contributed by atoms with Gasteiger partial charge in [-0.05, 0) is 36.1 Å². The largest absolute Gasteiger partial charge is 0.378 e. The molecule has 0 saturated heterocycles. The number of benzene rings is 1. The van der Waals surface area contributed by atoms with Gasteiger partial charge in [0.2, 0.25) is 0 Å². The highest BCUT2D eigenvalue weighted by atomic mass is 32.1. The van der Waals surface area contributed by atoms with Crippen LogP contribution in [0.3, 0.4) is 0 Å². The van der Waals surface area contributed by atoms with Crippen LogP contribution in [0.15, 0.2) is 41.9 Å². The van der Waals surface area contributed by atoms with Gasteiger partial charge in [-0.1, -0.05) is 12.1 Å². The summed E-state index contributed by atoms with van der Waals surface area (Å²) in [6.07, 6.45) is 1.77. The normalized spacial score (nSPS) is 10.7. The highest BCUT2D eigenvalue weighted by molar-refractivity contribution is 7.13. The smallest absolute Gasteiger partial charge is 0.146 e. The maximum absolute atomic E-state index is 13.7. The Morgan fingerprint density at radius 1 is 1.35 bits per heavy atom. The monoisotopic (exact) mass is 287 g/mol. The summed E-state index contributed by atoms with van der Waals surface area (Å²) in [5.74, 6) is -0.239. The van der Waals surface area contributed by atoms with Crippen LogP contribution >= 0.6 is 11.3 Å². The average Bonchev–Trinajstić information content (AvgIpc) is 3.09. The summed E-state index contributed by atoms with van der Waals surface area (Å²) in [5, 5.41) is 12.2. The second kappa shape index (κ2) is 5.46. The molecule has 2 N–H and O–H groups in total. The van der Waals surface area contributed by atoms with Crippen LogP contribution in [0.25, 0.3) is 10.6 Å². The van der Waals surface area contributed by atoms with Gasteiger partial charge in [-0.15, -0.1) is 11.3 Å². The molecule has 0 amide bonds. The molecular formula is C15H14FN3S. The van der Waals surface area contributed by atoms with Crippen LogP contribution in [0.4, 0.5) is 10.1 Å². The van der Waals surface area contributed by atoms with E-state index in [9.17, 15) is 4.39 Å². The molecule has 0 unspecified atom stereocenters. The number of hydrogen-bond donors (Lipinski definition) is 2. The maximum Gasteiger partial charge on any atom is 0.146 e. The molecule has 0 saturated carbocycles. The number of hydrogen-bond acceptors (Lipinski definition) is 3. The first kappa shape index (κ1) is 12.9. The maximum atomic E-state index is 13.7. The second-order valence-corrected chi connectivity index (χ2v) is 5.53. The van der Waals surface area contributed by atoms with Crippen LogP contribution in [0.1, 0.15) is 11.1 Å². The van der Waals surface area contributed by atoms with Crippen molar-refractivity contribution in [2.24, 2.45) is 0 Å². The van der Waals surface area contributed by atoms with Crippen LogP contribution < -0.4 is 5.32 Å². The number of halogens is 1. The number of rotatable bonds is 4. The van der Waals surface area contributed by atoms with Crippen molar-refractivity contribution in [2.45, 2.75) is 13.5 Å². The number of aromatic amines is 1. The Labute approximate surface area is 120 Å². The van der Waals surface area contributed by atoms with Crippen LogP contribution in [-0.2, 0) is 6.54 Å². The van der Waals surface area contributed by atoms with Gasteiger partial charge in [-0.2, -0.15) is 5.10 Å². The van der Waals surface area contributed by atoms with E-state index in [0.29, 0.717) is 12.2 Å². The average molecular weight is 287 g/mol. The number of nitrogens with zero attached hydrogens (tertiary/aromatic N) is 1. The lowest BCUT2D eigenvalue weighted by molar-refractivity contribution is 0.629. The zero-order valence-electron chi connectivity index (χ0n) is 11.0. The third-order valence-electron chi connectivity index (χ3n) is 3.08. The van der Waals surface area contributed by atoms with Crippen LogP contribution in [0.2, 0.25) is 0 Å². The quantitative estimate of drug-likeness (QED) is 0.755. The zero-order chi connectivity index (χ0) is 13.9. The molecule has 0 radical (unpaired) electrons. The molecule has 0 aliphatic carbocycles. The molecule has 2 heterocycles. The predicted molar refractivity (Wildman–Crippen MR) is 80.4 cm³/mol. The summed E-state index contributed by atoms with van der Waals surface area (Å²) >= 11 is 1.65. The molecule has 0 bridgehead atoms. The van der Waals surface area contributed by atoms with E-state index >= 15 is 0 Å². The van der Waals surface area contributed by atoms with Crippen LogP contribution in [0, 0.1) is 12.7 Å². The van der Waals surface area contributed by atoms with E-state index in [1.54, 1.807) is 29.7 Å². The molecule has 3 rings (SSSR count). The van der Waals surface area contributed by atoms with E-state index in [2.05, 4.69) is 15.5 Å². The fourth-order valence-corrected chi connectivity index (χ4v) is 2.80. The van der Waals surface area contributed by atoms with Crippen molar-refractivity contribution < 1.29 is 4.39 Å². The highest BCUT2D eigenvalue weighted by Gasteiger charge is 2.09. The minimum atomic E-state index is -0.239. The van der Waals surface area contributed by atoms with Gasteiger partial charge in [-0.3, -0.25) is 5.10 Å². The van der Waals surface area contributed by atoms with Gasteiger partial charge in [0.05, 0.1) is 22.5 Å². The summed E-state index contributed by atoms with van der Waals surface area (Å²) in [6, 6.07) is 9.08. The van der Waals surface area contributed by atoms with Gasteiger partial charge in [0.15, 0.2) is 0 Å². The molecule has 102 valence electrons. The summed E-state index contributed by atoms with van der Waals surface area (Å²) in [4.78, 5) is 1.13. The van der Waals surface area contributed by atoms with E-state index in [-0.39, 0.29) is 5.82 Å². The van der Waals surface area contributed by atoms with E-state index in [1.807, 2.05) is 24.4 Å². The number of anilines is 1. The van der Waals surface area contributed by atoms with Gasteiger partial charge in [-0.25, -0.2) is 4.39 Å². The summed E-state index contributed by atoms with van der Waals surface area (Å²) < 4.78 is 13.7. The standard InChI is InChI=1S/C15H14FN3S/c1-10-4-5-12(16)13(7-10)17-8-11-9-18-19-15(11)14-3-2-6-20-14/h2-7,9,17H,8H2,1H3,(H,18,19). The van der Waals surface area contributed by atoms with Crippen molar-refractivity contribution in [2.75, 3.05) is 5.32 Å². The number of aromatic nitrogens is 2. The molecule has 0 fully saturated rings. The third kappa shape index (κ3) is 2.58. The predicted octanol–water partition coefficient (Wildman–Crippen LogP) is 4.20. The number of thiophene rings is 1. The Morgan fingerprint density at radius 3 is 3.05 bits per heavy atom. The molecule has 0 spiro atoms. The summed E-state index contributed by atoms with van der Waals surface area (Å²) in [7, 11) is 0. The second-order valence-electron chi connectivity index (χ2n) is 4.58. The Balaban J connectivity index is 1.79. The molecule has 2 aromatic heterocycles. The first-order valence-corrected chi connectivity index (χ1v) is 7.18. The van der Waals surface area contributed by atoms with Crippen molar-refractivity contribution in [3.8, 4) is 10.6 Å². The molecule has 3 nitrogen and oxygen atoms in total. The third-order valence-corrected chi connectivity index (χ3v) is 3.96. The van der Waals surface area contributed by atoms with Crippen molar-refractivity contribution in [3.63, 3.8) is 0 Å². The van der Waals surface area contributed by atoms with Crippen LogP contribution in [-0.4, -0.2) is 10.2 Å². The lowest BCUT2D eigenvalue weighted by Crippen LogP contribution is -2.02. The number of nitrogens with one attached hydrogen (secondary N) is 2.